The zero-order valence-electron chi connectivity index (χ0n) is 41.1. The van der Waals surface area contributed by atoms with Gasteiger partial charge in [-0.25, -0.2) is 9.59 Å². The van der Waals surface area contributed by atoms with E-state index in [2.05, 4.69) is 0 Å². The molecule has 386 valence electrons. The molecule has 10 rings (SSSR count). The molecule has 14 heteroatoms. The third kappa shape index (κ3) is 12.0. The van der Waals surface area contributed by atoms with Gasteiger partial charge in [-0.05, 0) is 45.5 Å². The van der Waals surface area contributed by atoms with Gasteiger partial charge >= 0.3 is 11.9 Å². The summed E-state index contributed by atoms with van der Waals surface area (Å²) in [6, 6.07) is 59.1. The first-order valence-corrected chi connectivity index (χ1v) is 24.8. The summed E-state index contributed by atoms with van der Waals surface area (Å²) < 4.78 is 58.9. The second kappa shape index (κ2) is 24.1. The number of rotatable bonds is 18. The molecule has 2 aliphatic heterocycles. The lowest BCUT2D eigenvalue weighted by atomic mass is 9.91. The molecule has 0 amide bonds. The Bertz CT molecular complexity index is 3200. The van der Waals surface area contributed by atoms with E-state index in [1.807, 2.05) is 182 Å². The largest absolute Gasteiger partial charge is 0.485 e. The molecule has 76 heavy (non-hydrogen) atoms. The molecule has 0 spiro atoms. The van der Waals surface area contributed by atoms with Crippen LogP contribution in [0.5, 0.6) is 34.5 Å². The van der Waals surface area contributed by atoms with E-state index in [-0.39, 0.29) is 96.4 Å². The molecule has 1 fully saturated rings. The summed E-state index contributed by atoms with van der Waals surface area (Å²) >= 11 is 0. The number of aliphatic hydroxyl groups is 3. The average Bonchev–Trinajstić information content (AvgIpc) is 3.56. The Labute approximate surface area is 439 Å². The van der Waals surface area contributed by atoms with Crippen LogP contribution in [-0.4, -0.2) is 64.6 Å². The van der Waals surface area contributed by atoms with Crippen molar-refractivity contribution in [3.05, 3.63) is 239 Å². The number of esters is 2. The van der Waals surface area contributed by atoms with Gasteiger partial charge < -0.3 is 58.0 Å². The van der Waals surface area contributed by atoms with Gasteiger partial charge in [0.25, 0.3) is 0 Å². The molecule has 1 saturated heterocycles. The molecule has 0 saturated carbocycles. The van der Waals surface area contributed by atoms with Gasteiger partial charge in [0.2, 0.25) is 17.8 Å². The highest BCUT2D eigenvalue weighted by Gasteiger charge is 2.47. The Balaban J connectivity index is 1.29. The molecule has 2 heterocycles. The van der Waals surface area contributed by atoms with Crippen LogP contribution in [0.2, 0.25) is 0 Å². The maximum absolute atomic E-state index is 15.5. The third-order valence-electron chi connectivity index (χ3n) is 12.7. The van der Waals surface area contributed by atoms with Crippen LogP contribution >= 0.6 is 0 Å². The summed E-state index contributed by atoms with van der Waals surface area (Å²) in [5, 5.41) is 33.6. The van der Waals surface area contributed by atoms with Crippen molar-refractivity contribution < 1.29 is 67.5 Å². The Kier molecular flexibility index (Phi) is 16.1. The van der Waals surface area contributed by atoms with Crippen LogP contribution in [0.3, 0.4) is 0 Å². The summed E-state index contributed by atoms with van der Waals surface area (Å²) in [5.74, 6) is -2.07. The van der Waals surface area contributed by atoms with Crippen molar-refractivity contribution in [1.29, 1.82) is 0 Å². The smallest absolute Gasteiger partial charge is 0.341 e. The summed E-state index contributed by atoms with van der Waals surface area (Å²) in [5.41, 5.74) is 3.98. The lowest BCUT2D eigenvalue weighted by Gasteiger charge is -2.39. The first-order chi connectivity index (χ1) is 37.3. The normalized spacial score (nSPS) is 18.0. The minimum absolute atomic E-state index is 0.00134. The van der Waals surface area contributed by atoms with Crippen molar-refractivity contribution in [3.8, 4) is 45.6 Å². The molecule has 2 aliphatic rings. The number of fused-ring (bicyclic) bond motifs is 5. The van der Waals surface area contributed by atoms with E-state index in [9.17, 15) is 15.3 Å². The van der Waals surface area contributed by atoms with Crippen LogP contribution in [0.15, 0.2) is 194 Å². The van der Waals surface area contributed by atoms with Crippen LogP contribution in [0.4, 0.5) is 0 Å². The van der Waals surface area contributed by atoms with Gasteiger partial charge in [0, 0.05) is 11.1 Å². The second-order valence-electron chi connectivity index (χ2n) is 18.1. The van der Waals surface area contributed by atoms with E-state index >= 15 is 9.59 Å². The predicted octanol–water partition coefficient (Wildman–Crippen LogP) is 9.96. The molecule has 0 unspecified atom stereocenters. The van der Waals surface area contributed by atoms with Crippen molar-refractivity contribution in [1.82, 2.24) is 0 Å². The molecule has 2 bridgehead atoms. The van der Waals surface area contributed by atoms with Gasteiger partial charge in [-0.1, -0.05) is 182 Å². The van der Waals surface area contributed by atoms with Crippen LogP contribution in [-0.2, 0) is 53.9 Å². The predicted molar refractivity (Wildman–Crippen MR) is 279 cm³/mol. The average molecular weight is 1020 g/mol. The minimum Gasteiger partial charge on any atom is -0.485 e. The standard InChI is InChI=1S/C62H54O14/c63-53-50-39-74-60(66)46-31-48(68-33-40-19-7-1-8-20-40)56(70-35-42-23-11-3-12-24-42)58(72-37-44-27-15-5-16-28-44)51(46)52-47(61(67)76-62(75-50)55(65)54(53)64)32-49(69-34-41-21-9-2-10-22-41)57(71-36-43-25-13-4-14-26-43)59(52)73-38-45-29-17-6-18-30-45/h1-32,50,53-55,62-65H,33-39H2/t50-,53-,54+,55-,62+/m1/s1. The minimum atomic E-state index is -1.94. The highest BCUT2D eigenvalue weighted by Crippen LogP contribution is 2.56. The van der Waals surface area contributed by atoms with Crippen LogP contribution < -0.4 is 28.4 Å². The summed E-state index contributed by atoms with van der Waals surface area (Å²) in [4.78, 5) is 30.8. The van der Waals surface area contributed by atoms with Crippen molar-refractivity contribution in [3.63, 3.8) is 0 Å². The maximum atomic E-state index is 15.5. The van der Waals surface area contributed by atoms with Crippen molar-refractivity contribution >= 4 is 11.9 Å². The van der Waals surface area contributed by atoms with Crippen molar-refractivity contribution in [2.75, 3.05) is 6.61 Å². The van der Waals surface area contributed by atoms with Crippen LogP contribution in [0, 0.1) is 0 Å². The SMILES string of the molecule is O=C1OC[C@H]2O[C@@H](OC(=O)c3cc(OCc4ccccc4)c(OCc4ccccc4)c(OCc4ccccc4)c3-c3c1cc(OCc1ccccc1)c(OCc1ccccc1)c3OCc1ccccc1)[C@H](O)[C@@H](O)[C@@H]2O. The van der Waals surface area contributed by atoms with Crippen molar-refractivity contribution in [2.45, 2.75) is 70.3 Å². The van der Waals surface area contributed by atoms with Gasteiger partial charge in [0.1, 0.15) is 70.7 Å². The maximum Gasteiger partial charge on any atom is 0.341 e. The summed E-state index contributed by atoms with van der Waals surface area (Å²) in [6.07, 6.45) is -8.93. The molecular formula is C62H54O14. The van der Waals surface area contributed by atoms with Gasteiger partial charge in [-0.3, -0.25) is 0 Å². The number of hydrogen-bond acceptors (Lipinski definition) is 14. The number of aliphatic hydroxyl groups excluding tert-OH is 3. The fraction of sp³-hybridized carbons (Fsp3) is 0.194. The van der Waals surface area contributed by atoms with Crippen molar-refractivity contribution in [2.24, 2.45) is 0 Å². The Morgan fingerprint density at radius 1 is 0.382 bits per heavy atom. The van der Waals surface area contributed by atoms with E-state index in [0.717, 1.165) is 33.4 Å². The molecule has 0 aromatic heterocycles. The molecule has 5 atom stereocenters. The quantitative estimate of drug-likeness (QED) is 0.0692. The fourth-order valence-corrected chi connectivity index (χ4v) is 8.76. The first-order valence-electron chi connectivity index (χ1n) is 24.8. The highest BCUT2D eigenvalue weighted by molar-refractivity contribution is 6.08. The number of hydrogen-bond donors (Lipinski definition) is 3. The first kappa shape index (κ1) is 50.9. The molecule has 0 aliphatic carbocycles. The molecule has 14 nitrogen and oxygen atoms in total. The summed E-state index contributed by atoms with van der Waals surface area (Å²) in [7, 11) is 0. The molecule has 8 aromatic rings. The number of benzene rings is 8. The fourth-order valence-electron chi connectivity index (χ4n) is 8.76. The zero-order valence-corrected chi connectivity index (χ0v) is 41.1. The topological polar surface area (TPSA) is 178 Å². The lowest BCUT2D eigenvalue weighted by molar-refractivity contribution is -0.285. The van der Waals surface area contributed by atoms with Crippen LogP contribution in [0.1, 0.15) is 54.1 Å². The summed E-state index contributed by atoms with van der Waals surface area (Å²) in [6.45, 7) is -0.845. The van der Waals surface area contributed by atoms with Crippen LogP contribution in [0.25, 0.3) is 11.1 Å². The number of carbonyl (C=O) groups excluding carboxylic acids is 2. The Morgan fingerprint density at radius 3 is 1.05 bits per heavy atom. The van der Waals surface area contributed by atoms with E-state index < -0.39 is 49.3 Å². The zero-order chi connectivity index (χ0) is 52.2. The lowest BCUT2D eigenvalue weighted by Crippen LogP contribution is -2.59. The van der Waals surface area contributed by atoms with Gasteiger partial charge in [-0.2, -0.15) is 0 Å². The Hall–Kier alpha value is -8.66. The van der Waals surface area contributed by atoms with Gasteiger partial charge in [0.15, 0.2) is 23.0 Å². The number of carbonyl (C=O) groups is 2. The van der Waals surface area contributed by atoms with Gasteiger partial charge in [-0.15, -0.1) is 0 Å². The van der Waals surface area contributed by atoms with E-state index in [0.29, 0.717) is 0 Å². The van der Waals surface area contributed by atoms with E-state index in [1.54, 1.807) is 0 Å². The third-order valence-corrected chi connectivity index (χ3v) is 12.7. The molecule has 3 N–H and O–H groups in total. The van der Waals surface area contributed by atoms with E-state index in [4.69, 9.17) is 42.6 Å². The molecular weight excluding hydrogens is 969 g/mol. The number of cyclic esters (lactones) is 1. The van der Waals surface area contributed by atoms with Gasteiger partial charge in [0.05, 0.1) is 11.1 Å². The highest BCUT2D eigenvalue weighted by atomic mass is 16.7. The second-order valence-corrected chi connectivity index (χ2v) is 18.1. The number of ether oxygens (including phenoxy) is 9. The van der Waals surface area contributed by atoms with E-state index in [1.165, 1.54) is 12.1 Å². The molecule has 0 radical (unpaired) electrons. The monoisotopic (exact) mass is 1020 g/mol. The molecule has 8 aromatic carbocycles. The Morgan fingerprint density at radius 2 is 0.697 bits per heavy atom.